The van der Waals surface area contributed by atoms with Crippen LogP contribution in [-0.2, 0) is 9.59 Å². The predicted molar refractivity (Wildman–Crippen MR) is 126 cm³/mol. The molecule has 0 unspecified atom stereocenters. The van der Waals surface area contributed by atoms with Gasteiger partial charge in [0.1, 0.15) is 16.5 Å². The number of nitrogens with zero attached hydrogens (tertiary/aromatic N) is 3. The Hall–Kier alpha value is -4.04. The van der Waals surface area contributed by atoms with E-state index in [9.17, 15) is 14.7 Å². The molecule has 0 aliphatic carbocycles. The first kappa shape index (κ1) is 20.8. The number of carbonyl (C=O) groups is 2. The molecule has 1 amide bonds. The van der Waals surface area contributed by atoms with E-state index in [1.165, 1.54) is 16.2 Å². The Bertz CT molecular complexity index is 1420. The number of aryl methyl sites for hydroxylation is 1. The van der Waals surface area contributed by atoms with Crippen molar-refractivity contribution in [2.75, 3.05) is 12.0 Å². The molecule has 0 saturated carbocycles. The molecule has 1 aliphatic heterocycles. The lowest BCUT2D eigenvalue weighted by Crippen LogP contribution is -2.29. The van der Waals surface area contributed by atoms with E-state index in [4.69, 9.17) is 4.74 Å². The first-order chi connectivity index (χ1) is 16.0. The summed E-state index contributed by atoms with van der Waals surface area (Å²) >= 11 is 1.22. The number of amides is 1. The van der Waals surface area contributed by atoms with E-state index in [1.807, 2.05) is 42.5 Å². The van der Waals surface area contributed by atoms with E-state index in [0.717, 1.165) is 16.3 Å². The lowest BCUT2D eigenvalue weighted by atomic mass is 9.92. The minimum Gasteiger partial charge on any atom is -0.507 e. The standard InChI is InChI=1S/C25H19N3O4S/c1-14-26-27-25(33-14)28-21(19-9-5-7-15-6-3-4-8-18(15)19)20(23(30)24(28)31)22(29)16-10-12-17(32-2)13-11-16/h3-13,21,29H,1-2H3/t21-/m1/s1. The first-order valence-electron chi connectivity index (χ1n) is 10.2. The third-order valence-electron chi connectivity index (χ3n) is 5.65. The van der Waals surface area contributed by atoms with Gasteiger partial charge in [-0.15, -0.1) is 10.2 Å². The van der Waals surface area contributed by atoms with E-state index >= 15 is 0 Å². The fourth-order valence-electron chi connectivity index (χ4n) is 4.10. The van der Waals surface area contributed by atoms with Gasteiger partial charge in [-0.1, -0.05) is 53.8 Å². The molecule has 1 N–H and O–H groups in total. The summed E-state index contributed by atoms with van der Waals surface area (Å²) in [6, 6.07) is 19.2. The van der Waals surface area contributed by atoms with Crippen LogP contribution < -0.4 is 9.64 Å². The Morgan fingerprint density at radius 3 is 2.42 bits per heavy atom. The summed E-state index contributed by atoms with van der Waals surface area (Å²) in [5.41, 5.74) is 1.14. The van der Waals surface area contributed by atoms with E-state index in [1.54, 1.807) is 38.3 Å². The third-order valence-corrected chi connectivity index (χ3v) is 6.49. The molecular formula is C25H19N3O4S. The molecule has 164 valence electrons. The van der Waals surface area contributed by atoms with Gasteiger partial charge in [-0.05, 0) is 47.5 Å². The van der Waals surface area contributed by atoms with Crippen LogP contribution in [0, 0.1) is 6.92 Å². The number of benzene rings is 3. The number of aliphatic hydroxyl groups is 1. The number of fused-ring (bicyclic) bond motifs is 1. The van der Waals surface area contributed by atoms with Crippen molar-refractivity contribution in [1.29, 1.82) is 0 Å². The maximum atomic E-state index is 13.3. The maximum absolute atomic E-state index is 13.3. The molecule has 8 heteroatoms. The van der Waals surface area contributed by atoms with Crippen molar-refractivity contribution in [1.82, 2.24) is 10.2 Å². The SMILES string of the molecule is COc1ccc(C(O)=C2C(=O)C(=O)N(c3nnc(C)s3)[C@@H]2c2cccc3ccccc23)cc1. The van der Waals surface area contributed by atoms with E-state index in [0.29, 0.717) is 21.5 Å². The van der Waals surface area contributed by atoms with Gasteiger partial charge in [0.15, 0.2) is 0 Å². The van der Waals surface area contributed by atoms with Crippen LogP contribution in [0.3, 0.4) is 0 Å². The average molecular weight is 458 g/mol. The summed E-state index contributed by atoms with van der Waals surface area (Å²) in [7, 11) is 1.55. The molecule has 4 aromatic rings. The summed E-state index contributed by atoms with van der Waals surface area (Å²) < 4.78 is 5.19. The number of aliphatic hydroxyl groups excluding tert-OH is 1. The summed E-state index contributed by atoms with van der Waals surface area (Å²) in [6.07, 6.45) is 0. The highest BCUT2D eigenvalue weighted by atomic mass is 32.1. The lowest BCUT2D eigenvalue weighted by Gasteiger charge is -2.24. The predicted octanol–water partition coefficient (Wildman–Crippen LogP) is 4.63. The fourth-order valence-corrected chi connectivity index (χ4v) is 4.82. The van der Waals surface area contributed by atoms with Crippen molar-refractivity contribution in [3.8, 4) is 5.75 Å². The number of anilines is 1. The van der Waals surface area contributed by atoms with Gasteiger partial charge in [0.2, 0.25) is 5.13 Å². The number of hydrogen-bond donors (Lipinski definition) is 1. The van der Waals surface area contributed by atoms with Crippen LogP contribution >= 0.6 is 11.3 Å². The van der Waals surface area contributed by atoms with Gasteiger partial charge in [0, 0.05) is 5.56 Å². The highest BCUT2D eigenvalue weighted by molar-refractivity contribution is 7.15. The normalized spacial score (nSPS) is 17.6. The summed E-state index contributed by atoms with van der Waals surface area (Å²) in [5, 5.41) is 22.2. The molecule has 0 bridgehead atoms. The van der Waals surface area contributed by atoms with Crippen LogP contribution in [0.25, 0.3) is 16.5 Å². The molecule has 1 aliphatic rings. The Labute approximate surface area is 193 Å². The van der Waals surface area contributed by atoms with E-state index in [2.05, 4.69) is 10.2 Å². The number of methoxy groups -OCH3 is 1. The van der Waals surface area contributed by atoms with Gasteiger partial charge in [-0.3, -0.25) is 14.5 Å². The highest BCUT2D eigenvalue weighted by Gasteiger charge is 2.48. The number of Topliss-reactive ketones (excluding diaryl/α,β-unsaturated/α-hetero) is 1. The van der Waals surface area contributed by atoms with Crippen LogP contribution in [0.1, 0.15) is 22.2 Å². The first-order valence-corrected chi connectivity index (χ1v) is 11.0. The number of aromatic nitrogens is 2. The number of hydrogen-bond acceptors (Lipinski definition) is 7. The molecule has 1 saturated heterocycles. The lowest BCUT2D eigenvalue weighted by molar-refractivity contribution is -0.132. The Morgan fingerprint density at radius 2 is 1.73 bits per heavy atom. The Kier molecular flexibility index (Phi) is 5.14. The summed E-state index contributed by atoms with van der Waals surface area (Å²) in [6.45, 7) is 1.78. The molecule has 0 spiro atoms. The topological polar surface area (TPSA) is 92.6 Å². The van der Waals surface area contributed by atoms with E-state index < -0.39 is 17.7 Å². The smallest absolute Gasteiger partial charge is 0.301 e. The molecule has 2 heterocycles. The van der Waals surface area contributed by atoms with Crippen LogP contribution in [0.5, 0.6) is 5.75 Å². The summed E-state index contributed by atoms with van der Waals surface area (Å²) in [4.78, 5) is 27.8. The average Bonchev–Trinajstić information content (AvgIpc) is 3.38. The van der Waals surface area contributed by atoms with E-state index in [-0.39, 0.29) is 11.3 Å². The third kappa shape index (κ3) is 3.44. The second-order valence-corrected chi connectivity index (χ2v) is 8.73. The van der Waals surface area contributed by atoms with Gasteiger partial charge in [0.05, 0.1) is 18.7 Å². The largest absolute Gasteiger partial charge is 0.507 e. The highest BCUT2D eigenvalue weighted by Crippen LogP contribution is 2.44. The van der Waals surface area contributed by atoms with Crippen LogP contribution in [0.2, 0.25) is 0 Å². The number of ketones is 1. The van der Waals surface area contributed by atoms with Crippen molar-refractivity contribution < 1.29 is 19.4 Å². The van der Waals surface area contributed by atoms with Crippen LogP contribution in [0.4, 0.5) is 5.13 Å². The van der Waals surface area contributed by atoms with Gasteiger partial charge in [0.25, 0.3) is 5.78 Å². The van der Waals surface area contributed by atoms with Crippen molar-refractivity contribution in [2.24, 2.45) is 0 Å². The maximum Gasteiger partial charge on any atom is 0.301 e. The van der Waals surface area contributed by atoms with Gasteiger partial charge in [-0.25, -0.2) is 0 Å². The molecular weight excluding hydrogens is 438 g/mol. The van der Waals surface area contributed by atoms with Gasteiger partial charge < -0.3 is 9.84 Å². The van der Waals surface area contributed by atoms with Gasteiger partial charge in [-0.2, -0.15) is 0 Å². The fraction of sp³-hybridized carbons (Fsp3) is 0.120. The zero-order valence-corrected chi connectivity index (χ0v) is 18.7. The molecule has 1 aromatic heterocycles. The van der Waals surface area contributed by atoms with Crippen LogP contribution in [-0.4, -0.2) is 34.1 Å². The van der Waals surface area contributed by atoms with Crippen molar-refractivity contribution in [3.63, 3.8) is 0 Å². The minimum absolute atomic E-state index is 0.00868. The molecule has 1 fully saturated rings. The molecule has 7 nitrogen and oxygen atoms in total. The van der Waals surface area contributed by atoms with Crippen molar-refractivity contribution in [3.05, 3.63) is 88.4 Å². The number of rotatable bonds is 4. The quantitative estimate of drug-likeness (QED) is 0.273. The van der Waals surface area contributed by atoms with Crippen molar-refractivity contribution >= 4 is 44.7 Å². The summed E-state index contributed by atoms with van der Waals surface area (Å²) in [5.74, 6) is -1.16. The van der Waals surface area contributed by atoms with Gasteiger partial charge >= 0.3 is 5.91 Å². The number of ether oxygens (including phenoxy) is 1. The molecule has 0 radical (unpaired) electrons. The second-order valence-electron chi connectivity index (χ2n) is 7.57. The molecule has 3 aromatic carbocycles. The minimum atomic E-state index is -0.856. The monoisotopic (exact) mass is 457 g/mol. The van der Waals surface area contributed by atoms with Crippen molar-refractivity contribution in [2.45, 2.75) is 13.0 Å². The molecule has 33 heavy (non-hydrogen) atoms. The second kappa shape index (κ2) is 8.14. The van der Waals surface area contributed by atoms with Crippen LogP contribution in [0.15, 0.2) is 72.3 Å². The zero-order chi connectivity index (χ0) is 23.1. The number of carbonyl (C=O) groups excluding carboxylic acids is 2. The molecule has 1 atom stereocenters. The zero-order valence-electron chi connectivity index (χ0n) is 17.9. The Morgan fingerprint density at radius 1 is 1.00 bits per heavy atom. The molecule has 5 rings (SSSR count). The Balaban J connectivity index is 1.78.